The predicted octanol–water partition coefficient (Wildman–Crippen LogP) is 4.33. The van der Waals surface area contributed by atoms with Crippen LogP contribution in [0, 0.1) is 10.1 Å². The highest BCUT2D eigenvalue weighted by molar-refractivity contribution is 5.98. The van der Waals surface area contributed by atoms with E-state index in [9.17, 15) is 14.9 Å². The van der Waals surface area contributed by atoms with Crippen LogP contribution in [0.4, 0.5) is 5.69 Å². The van der Waals surface area contributed by atoms with Gasteiger partial charge in [0, 0.05) is 24.1 Å². The van der Waals surface area contributed by atoms with Crippen molar-refractivity contribution in [2.45, 2.75) is 13.3 Å². The number of esters is 1. The van der Waals surface area contributed by atoms with Gasteiger partial charge in [0.15, 0.2) is 0 Å². The lowest BCUT2D eigenvalue weighted by Crippen LogP contribution is -2.07. The van der Waals surface area contributed by atoms with E-state index in [1.807, 2.05) is 30.3 Å². The van der Waals surface area contributed by atoms with Crippen LogP contribution in [0.3, 0.4) is 0 Å². The van der Waals surface area contributed by atoms with Gasteiger partial charge in [-0.1, -0.05) is 30.3 Å². The first-order valence-corrected chi connectivity index (χ1v) is 8.17. The summed E-state index contributed by atoms with van der Waals surface area (Å²) in [4.78, 5) is 22.6. The van der Waals surface area contributed by atoms with E-state index < -0.39 is 10.9 Å². The summed E-state index contributed by atoms with van der Waals surface area (Å²) in [6.07, 6.45) is 2.07. The molecule has 0 spiro atoms. The Hall–Kier alpha value is -3.41. The van der Waals surface area contributed by atoms with Gasteiger partial charge < -0.3 is 9.47 Å². The monoisotopic (exact) mass is 351 g/mol. The quantitative estimate of drug-likeness (QED) is 0.455. The molecule has 2 aromatic carbocycles. The number of allylic oxidation sites excluding steroid dienone is 1. The molecule has 0 aromatic heterocycles. The fourth-order valence-corrected chi connectivity index (χ4v) is 2.65. The number of rotatable bonds is 5. The van der Waals surface area contributed by atoms with Crippen LogP contribution in [0.15, 0.2) is 65.9 Å². The molecule has 0 bridgehead atoms. The molecule has 0 amide bonds. The molecule has 6 nitrogen and oxygen atoms in total. The van der Waals surface area contributed by atoms with Crippen molar-refractivity contribution in [2.75, 3.05) is 6.61 Å². The van der Waals surface area contributed by atoms with Gasteiger partial charge in [0.05, 0.1) is 17.1 Å². The Kier molecular flexibility index (Phi) is 5.12. The van der Waals surface area contributed by atoms with Crippen LogP contribution in [-0.4, -0.2) is 17.5 Å². The third-order valence-corrected chi connectivity index (χ3v) is 3.85. The standard InChI is InChI=1S/C20H17NO5/c1-2-25-20(22)18-13-17(26-19(18)15-6-4-3-5-7-15)12-14-8-10-16(11-9-14)21(23)24/h3-12H,2,13H2,1H3/b17-12+. The number of benzene rings is 2. The number of non-ortho nitro benzene ring substituents is 1. The van der Waals surface area contributed by atoms with Gasteiger partial charge in [0.1, 0.15) is 11.5 Å². The van der Waals surface area contributed by atoms with Gasteiger partial charge in [-0.2, -0.15) is 0 Å². The molecule has 0 N–H and O–H groups in total. The van der Waals surface area contributed by atoms with Crippen LogP contribution in [0.25, 0.3) is 11.8 Å². The number of carbonyl (C=O) groups is 1. The molecule has 1 heterocycles. The van der Waals surface area contributed by atoms with Crippen molar-refractivity contribution in [1.82, 2.24) is 0 Å². The second-order valence-electron chi connectivity index (χ2n) is 5.63. The lowest BCUT2D eigenvalue weighted by molar-refractivity contribution is -0.384. The largest absolute Gasteiger partial charge is 0.463 e. The van der Waals surface area contributed by atoms with Crippen LogP contribution in [0.1, 0.15) is 24.5 Å². The van der Waals surface area contributed by atoms with Crippen molar-refractivity contribution in [1.29, 1.82) is 0 Å². The molecule has 26 heavy (non-hydrogen) atoms. The van der Waals surface area contributed by atoms with Crippen molar-refractivity contribution in [3.63, 3.8) is 0 Å². The van der Waals surface area contributed by atoms with Crippen LogP contribution >= 0.6 is 0 Å². The number of carbonyl (C=O) groups excluding carboxylic acids is 1. The van der Waals surface area contributed by atoms with E-state index in [0.717, 1.165) is 11.1 Å². The molecular formula is C20H17NO5. The Morgan fingerprint density at radius 1 is 1.19 bits per heavy atom. The van der Waals surface area contributed by atoms with Crippen LogP contribution < -0.4 is 0 Å². The molecule has 1 aliphatic rings. The molecule has 0 aliphatic carbocycles. The summed E-state index contributed by atoms with van der Waals surface area (Å²) in [6.45, 7) is 2.04. The third-order valence-electron chi connectivity index (χ3n) is 3.85. The molecule has 0 saturated carbocycles. The predicted molar refractivity (Wildman–Crippen MR) is 96.8 cm³/mol. The molecule has 6 heteroatoms. The molecule has 0 fully saturated rings. The zero-order valence-corrected chi connectivity index (χ0v) is 14.2. The molecule has 132 valence electrons. The number of nitro groups is 1. The highest BCUT2D eigenvalue weighted by Gasteiger charge is 2.28. The van der Waals surface area contributed by atoms with E-state index in [2.05, 4.69) is 0 Å². The van der Waals surface area contributed by atoms with E-state index >= 15 is 0 Å². The molecule has 3 rings (SSSR count). The number of hydrogen-bond donors (Lipinski definition) is 0. The fraction of sp³-hybridized carbons (Fsp3) is 0.150. The second-order valence-corrected chi connectivity index (χ2v) is 5.63. The molecule has 0 unspecified atom stereocenters. The van der Waals surface area contributed by atoms with Crippen LogP contribution in [0.2, 0.25) is 0 Å². The zero-order chi connectivity index (χ0) is 18.5. The first-order valence-electron chi connectivity index (χ1n) is 8.17. The average Bonchev–Trinajstić information content (AvgIpc) is 3.07. The highest BCUT2D eigenvalue weighted by Crippen LogP contribution is 2.36. The molecule has 0 saturated heterocycles. The molecule has 0 atom stereocenters. The number of hydrogen-bond acceptors (Lipinski definition) is 5. The summed E-state index contributed by atoms with van der Waals surface area (Å²) >= 11 is 0. The summed E-state index contributed by atoms with van der Waals surface area (Å²) in [5, 5.41) is 10.7. The van der Waals surface area contributed by atoms with E-state index in [4.69, 9.17) is 9.47 Å². The summed E-state index contributed by atoms with van der Waals surface area (Å²) in [5.74, 6) is 0.663. The lowest BCUT2D eigenvalue weighted by atomic mass is 10.1. The maximum atomic E-state index is 12.3. The van der Waals surface area contributed by atoms with Gasteiger partial charge in [0.25, 0.3) is 5.69 Å². The maximum Gasteiger partial charge on any atom is 0.338 e. The SMILES string of the molecule is CCOC(=O)C1=C(c2ccccc2)O/C(=C/c2ccc([N+](=O)[O-])cc2)C1. The van der Waals surface area contributed by atoms with Crippen molar-refractivity contribution in [3.05, 3.63) is 87.2 Å². The summed E-state index contributed by atoms with van der Waals surface area (Å²) < 4.78 is 11.1. The van der Waals surface area contributed by atoms with Crippen LogP contribution in [-0.2, 0) is 14.3 Å². The van der Waals surface area contributed by atoms with E-state index in [1.165, 1.54) is 12.1 Å². The maximum absolute atomic E-state index is 12.3. The molecule has 2 aromatic rings. The highest BCUT2D eigenvalue weighted by atomic mass is 16.6. The Morgan fingerprint density at radius 2 is 1.88 bits per heavy atom. The molecule has 1 aliphatic heterocycles. The topological polar surface area (TPSA) is 78.7 Å². The van der Waals surface area contributed by atoms with Crippen LogP contribution in [0.5, 0.6) is 0 Å². The fourth-order valence-electron chi connectivity index (χ4n) is 2.65. The van der Waals surface area contributed by atoms with Gasteiger partial charge in [0.2, 0.25) is 0 Å². The zero-order valence-electron chi connectivity index (χ0n) is 14.2. The van der Waals surface area contributed by atoms with Gasteiger partial charge in [-0.15, -0.1) is 0 Å². The molecular weight excluding hydrogens is 334 g/mol. The third kappa shape index (κ3) is 3.80. The smallest absolute Gasteiger partial charge is 0.338 e. The van der Waals surface area contributed by atoms with Crippen molar-refractivity contribution < 1.29 is 19.2 Å². The normalized spacial score (nSPS) is 15.0. The lowest BCUT2D eigenvalue weighted by Gasteiger charge is -2.06. The Bertz CT molecular complexity index is 882. The van der Waals surface area contributed by atoms with Crippen molar-refractivity contribution in [3.8, 4) is 0 Å². The van der Waals surface area contributed by atoms with Gasteiger partial charge in [-0.05, 0) is 30.7 Å². The first-order chi connectivity index (χ1) is 12.6. The second kappa shape index (κ2) is 7.65. The Labute approximate surface area is 150 Å². The van der Waals surface area contributed by atoms with Gasteiger partial charge in [-0.25, -0.2) is 4.79 Å². The minimum absolute atomic E-state index is 0.0230. The van der Waals surface area contributed by atoms with E-state index in [-0.39, 0.29) is 12.3 Å². The van der Waals surface area contributed by atoms with Gasteiger partial charge >= 0.3 is 5.97 Å². The molecule has 0 radical (unpaired) electrons. The van der Waals surface area contributed by atoms with Crippen molar-refractivity contribution in [2.24, 2.45) is 0 Å². The van der Waals surface area contributed by atoms with Crippen molar-refractivity contribution >= 4 is 23.5 Å². The summed E-state index contributed by atoms with van der Waals surface area (Å²) in [6, 6.07) is 15.5. The Balaban J connectivity index is 1.89. The number of nitro benzene ring substituents is 1. The van der Waals surface area contributed by atoms with E-state index in [0.29, 0.717) is 23.5 Å². The summed E-state index contributed by atoms with van der Waals surface area (Å²) in [7, 11) is 0. The summed E-state index contributed by atoms with van der Waals surface area (Å²) in [5.41, 5.74) is 2.03. The number of nitrogens with zero attached hydrogens (tertiary/aromatic N) is 1. The minimum Gasteiger partial charge on any atom is -0.463 e. The first kappa shape index (κ1) is 17.4. The number of ether oxygens (including phenoxy) is 2. The average molecular weight is 351 g/mol. The van der Waals surface area contributed by atoms with E-state index in [1.54, 1.807) is 25.1 Å². The Morgan fingerprint density at radius 3 is 2.50 bits per heavy atom. The van der Waals surface area contributed by atoms with Gasteiger partial charge in [-0.3, -0.25) is 10.1 Å². The minimum atomic E-state index is -0.448.